The number of carbonyl (C=O) groups excluding carboxylic acids is 3. The van der Waals surface area contributed by atoms with Gasteiger partial charge in [-0.3, -0.25) is 14.2 Å². The Hall–Kier alpha value is -3.15. The van der Waals surface area contributed by atoms with E-state index in [2.05, 4.69) is 9.72 Å². The molecule has 142 valence electrons. The van der Waals surface area contributed by atoms with Gasteiger partial charge < -0.3 is 30.4 Å². The minimum atomic E-state index is -1.11. The van der Waals surface area contributed by atoms with Crippen molar-refractivity contribution >= 4 is 23.8 Å². The predicted octanol–water partition coefficient (Wildman–Crippen LogP) is -1.07. The molecule has 4 N–H and O–H groups in total. The van der Waals surface area contributed by atoms with E-state index < -0.39 is 42.2 Å². The lowest BCUT2D eigenvalue weighted by atomic mass is 10.2. The number of esters is 1. The number of methoxy groups -OCH3 is 1. The van der Waals surface area contributed by atoms with Gasteiger partial charge in [0.2, 0.25) is 0 Å². The van der Waals surface area contributed by atoms with Crippen LogP contribution >= 0.6 is 0 Å². The first-order chi connectivity index (χ1) is 12.2. The van der Waals surface area contributed by atoms with Crippen LogP contribution in [0.2, 0.25) is 0 Å². The van der Waals surface area contributed by atoms with E-state index in [1.807, 2.05) is 0 Å². The van der Waals surface area contributed by atoms with E-state index in [9.17, 15) is 19.2 Å². The molecule has 1 aliphatic rings. The molecular formula is C14H18N4O8. The van der Waals surface area contributed by atoms with Gasteiger partial charge in [-0.25, -0.2) is 9.59 Å². The molecule has 1 aromatic rings. The molecule has 1 aliphatic heterocycles. The number of primary amides is 1. The van der Waals surface area contributed by atoms with Crippen LogP contribution in [-0.4, -0.2) is 53.5 Å². The molecule has 0 aliphatic carbocycles. The van der Waals surface area contributed by atoms with Gasteiger partial charge in [0.05, 0.1) is 18.8 Å². The Morgan fingerprint density at radius 2 is 2.12 bits per heavy atom. The van der Waals surface area contributed by atoms with Crippen LogP contribution in [0.4, 0.5) is 10.6 Å². The Morgan fingerprint density at radius 1 is 1.42 bits per heavy atom. The molecule has 26 heavy (non-hydrogen) atoms. The van der Waals surface area contributed by atoms with Crippen LogP contribution in [0, 0.1) is 0 Å². The number of carbonyl (C=O) groups is 3. The van der Waals surface area contributed by atoms with Gasteiger partial charge in [0.1, 0.15) is 18.5 Å². The number of hydrogen-bond donors (Lipinski definition) is 2. The molecule has 0 saturated carbocycles. The second-order valence-corrected chi connectivity index (χ2v) is 5.39. The highest BCUT2D eigenvalue weighted by atomic mass is 16.7. The van der Waals surface area contributed by atoms with Gasteiger partial charge in [0, 0.05) is 19.5 Å². The molecule has 1 aromatic heterocycles. The van der Waals surface area contributed by atoms with Crippen molar-refractivity contribution in [3.05, 3.63) is 22.2 Å². The van der Waals surface area contributed by atoms with E-state index in [0.717, 1.165) is 17.9 Å². The number of ether oxygens (including phenoxy) is 4. The fourth-order valence-electron chi connectivity index (χ4n) is 2.46. The highest BCUT2D eigenvalue weighted by Crippen LogP contribution is 2.31. The molecule has 2 rings (SSSR count). The van der Waals surface area contributed by atoms with Crippen LogP contribution in [0.3, 0.4) is 0 Å². The van der Waals surface area contributed by atoms with Crippen LogP contribution in [0.5, 0.6) is 0 Å². The van der Waals surface area contributed by atoms with Crippen molar-refractivity contribution in [3.8, 4) is 0 Å². The summed E-state index contributed by atoms with van der Waals surface area (Å²) in [6.07, 6.45) is -2.39. The SMILES string of the molecule is COC(=O)OC[C@@H]1C[C@@H](OC(C)=O)[C@H](n2cc(C(N)=O)c(N)nc2=O)O1. The minimum Gasteiger partial charge on any atom is -0.458 e. The van der Waals surface area contributed by atoms with Crippen molar-refractivity contribution in [2.75, 3.05) is 19.5 Å². The van der Waals surface area contributed by atoms with E-state index in [1.54, 1.807) is 0 Å². The van der Waals surface area contributed by atoms with E-state index in [-0.39, 0.29) is 24.4 Å². The van der Waals surface area contributed by atoms with Crippen molar-refractivity contribution in [2.24, 2.45) is 5.73 Å². The summed E-state index contributed by atoms with van der Waals surface area (Å²) in [5, 5.41) is 0. The van der Waals surface area contributed by atoms with Crippen molar-refractivity contribution in [2.45, 2.75) is 31.8 Å². The van der Waals surface area contributed by atoms with Crippen LogP contribution in [0.1, 0.15) is 29.9 Å². The van der Waals surface area contributed by atoms with Gasteiger partial charge >= 0.3 is 17.8 Å². The molecule has 12 nitrogen and oxygen atoms in total. The average Bonchev–Trinajstić information content (AvgIpc) is 2.94. The molecule has 3 atom stereocenters. The van der Waals surface area contributed by atoms with Gasteiger partial charge in [-0.05, 0) is 0 Å². The maximum atomic E-state index is 12.1. The number of amides is 1. The smallest absolute Gasteiger partial charge is 0.458 e. The van der Waals surface area contributed by atoms with Gasteiger partial charge in [0.25, 0.3) is 5.91 Å². The predicted molar refractivity (Wildman–Crippen MR) is 83.9 cm³/mol. The summed E-state index contributed by atoms with van der Waals surface area (Å²) < 4.78 is 20.9. The Bertz CT molecular complexity index is 777. The summed E-state index contributed by atoms with van der Waals surface area (Å²) in [5.41, 5.74) is 9.69. The lowest BCUT2D eigenvalue weighted by molar-refractivity contribution is -0.152. The summed E-state index contributed by atoms with van der Waals surface area (Å²) >= 11 is 0. The van der Waals surface area contributed by atoms with Crippen molar-refractivity contribution < 1.29 is 33.3 Å². The summed E-state index contributed by atoms with van der Waals surface area (Å²) in [5.74, 6) is -1.83. The largest absolute Gasteiger partial charge is 0.508 e. The molecule has 2 heterocycles. The molecular weight excluding hydrogens is 352 g/mol. The quantitative estimate of drug-likeness (QED) is 0.607. The zero-order chi connectivity index (χ0) is 19.4. The van der Waals surface area contributed by atoms with E-state index in [4.69, 9.17) is 25.7 Å². The number of anilines is 1. The molecule has 0 aromatic carbocycles. The first-order valence-electron chi connectivity index (χ1n) is 7.44. The summed E-state index contributed by atoms with van der Waals surface area (Å²) in [4.78, 5) is 49.5. The highest BCUT2D eigenvalue weighted by Gasteiger charge is 2.40. The molecule has 1 amide bonds. The van der Waals surface area contributed by atoms with Crippen LogP contribution < -0.4 is 17.2 Å². The number of nitrogens with zero attached hydrogens (tertiary/aromatic N) is 2. The fraction of sp³-hybridized carbons (Fsp3) is 0.500. The molecule has 1 saturated heterocycles. The third-order valence-electron chi connectivity index (χ3n) is 3.54. The number of nitrogen functional groups attached to an aromatic ring is 1. The number of hydrogen-bond acceptors (Lipinski definition) is 10. The van der Waals surface area contributed by atoms with Crippen LogP contribution in [-0.2, 0) is 23.7 Å². The molecule has 1 fully saturated rings. The molecule has 0 unspecified atom stereocenters. The first kappa shape index (κ1) is 19.2. The standard InChI is InChI=1S/C14H18N4O8/c1-6(19)25-9-3-7(5-24-14(22)23-2)26-12(9)18-4-8(11(16)20)10(15)17-13(18)21/h4,7,9,12H,3,5H2,1-2H3,(H2,16,20)(H2,15,17,21)/t7-,9+,12+/m0/s1. The van der Waals surface area contributed by atoms with E-state index in [0.29, 0.717) is 0 Å². The van der Waals surface area contributed by atoms with Gasteiger partial charge in [-0.15, -0.1) is 0 Å². The monoisotopic (exact) mass is 370 g/mol. The molecule has 12 heteroatoms. The third kappa shape index (κ3) is 4.27. The summed E-state index contributed by atoms with van der Waals surface area (Å²) in [6.45, 7) is 0.995. The van der Waals surface area contributed by atoms with Crippen molar-refractivity contribution in [1.29, 1.82) is 0 Å². The number of nitrogens with two attached hydrogens (primary N) is 2. The van der Waals surface area contributed by atoms with E-state index in [1.165, 1.54) is 6.92 Å². The van der Waals surface area contributed by atoms with E-state index >= 15 is 0 Å². The minimum absolute atomic E-state index is 0.129. The maximum absolute atomic E-state index is 12.1. The molecule has 0 bridgehead atoms. The summed E-state index contributed by atoms with van der Waals surface area (Å²) in [6, 6.07) is 0. The zero-order valence-electron chi connectivity index (χ0n) is 14.0. The molecule has 0 radical (unpaired) electrons. The highest BCUT2D eigenvalue weighted by molar-refractivity contribution is 5.96. The Kier molecular flexibility index (Phi) is 5.77. The lowest BCUT2D eigenvalue weighted by Crippen LogP contribution is -2.35. The second-order valence-electron chi connectivity index (χ2n) is 5.39. The fourth-order valence-corrected chi connectivity index (χ4v) is 2.46. The Morgan fingerprint density at radius 3 is 2.69 bits per heavy atom. The first-order valence-corrected chi connectivity index (χ1v) is 7.44. The van der Waals surface area contributed by atoms with Gasteiger partial charge in [-0.1, -0.05) is 0 Å². The van der Waals surface area contributed by atoms with Crippen LogP contribution in [0.25, 0.3) is 0 Å². The second kappa shape index (κ2) is 7.82. The topological polar surface area (TPSA) is 175 Å². The van der Waals surface area contributed by atoms with Crippen molar-refractivity contribution in [1.82, 2.24) is 9.55 Å². The van der Waals surface area contributed by atoms with Gasteiger partial charge in [-0.2, -0.15) is 4.98 Å². The van der Waals surface area contributed by atoms with Crippen LogP contribution in [0.15, 0.2) is 11.0 Å². The third-order valence-corrected chi connectivity index (χ3v) is 3.54. The Balaban J connectivity index is 2.30. The maximum Gasteiger partial charge on any atom is 0.508 e. The summed E-state index contributed by atoms with van der Waals surface area (Å²) in [7, 11) is 1.15. The molecule has 0 spiro atoms. The lowest BCUT2D eigenvalue weighted by Gasteiger charge is -2.21. The Labute approximate surface area is 147 Å². The zero-order valence-corrected chi connectivity index (χ0v) is 14.0. The van der Waals surface area contributed by atoms with Gasteiger partial charge in [0.15, 0.2) is 6.23 Å². The van der Waals surface area contributed by atoms with Crippen molar-refractivity contribution in [3.63, 3.8) is 0 Å². The number of aromatic nitrogens is 2. The number of rotatable bonds is 5. The normalized spacial score (nSPS) is 21.8. The average molecular weight is 370 g/mol.